The quantitative estimate of drug-likeness (QED) is 0.805. The molecule has 3 rings (SSSR count). The minimum Gasteiger partial charge on any atom is -0.342 e. The van der Waals surface area contributed by atoms with E-state index in [2.05, 4.69) is 54.1 Å². The van der Waals surface area contributed by atoms with Gasteiger partial charge in [0.25, 0.3) is 0 Å². The Morgan fingerprint density at radius 2 is 1.83 bits per heavy atom. The van der Waals surface area contributed by atoms with Crippen LogP contribution in [0.25, 0.3) is 0 Å². The summed E-state index contributed by atoms with van der Waals surface area (Å²) in [7, 11) is 2.10. The summed E-state index contributed by atoms with van der Waals surface area (Å²) in [4.78, 5) is 16.8. The van der Waals surface area contributed by atoms with E-state index < -0.39 is 0 Å². The van der Waals surface area contributed by atoms with Crippen molar-refractivity contribution in [3.05, 3.63) is 35.9 Å². The van der Waals surface area contributed by atoms with Crippen molar-refractivity contribution in [3.63, 3.8) is 0 Å². The van der Waals surface area contributed by atoms with Gasteiger partial charge < -0.3 is 4.90 Å². The first kappa shape index (κ1) is 16.5. The lowest BCUT2D eigenvalue weighted by atomic mass is 9.90. The Labute approximate surface area is 140 Å². The molecule has 1 heterocycles. The Kier molecular flexibility index (Phi) is 5.37. The molecule has 0 aromatic heterocycles. The molecule has 0 spiro atoms. The maximum Gasteiger partial charge on any atom is 0.236 e. The largest absolute Gasteiger partial charge is 0.342 e. The second-order valence-electron chi connectivity index (χ2n) is 7.51. The first-order valence-electron chi connectivity index (χ1n) is 9.15. The lowest BCUT2D eigenvalue weighted by Crippen LogP contribution is -2.45. The fraction of sp³-hybridized carbons (Fsp3) is 0.650. The minimum atomic E-state index is 0.318. The van der Waals surface area contributed by atoms with Crippen molar-refractivity contribution in [2.75, 3.05) is 26.7 Å². The van der Waals surface area contributed by atoms with Crippen molar-refractivity contribution in [2.24, 2.45) is 11.8 Å². The van der Waals surface area contributed by atoms with E-state index in [1.807, 2.05) is 0 Å². The van der Waals surface area contributed by atoms with E-state index in [4.69, 9.17) is 0 Å². The van der Waals surface area contributed by atoms with Crippen molar-refractivity contribution in [2.45, 2.75) is 45.1 Å². The SMILES string of the molecule is CC(C1CC1)N(C)CC(=O)N1CCC(Cc2ccccc2)CC1. The van der Waals surface area contributed by atoms with E-state index in [-0.39, 0.29) is 0 Å². The number of benzene rings is 1. The van der Waals surface area contributed by atoms with E-state index in [1.54, 1.807) is 0 Å². The molecule has 0 N–H and O–H groups in total. The second kappa shape index (κ2) is 7.48. The van der Waals surface area contributed by atoms with Gasteiger partial charge in [0.05, 0.1) is 6.54 Å². The van der Waals surface area contributed by atoms with Gasteiger partial charge in [-0.2, -0.15) is 0 Å². The number of rotatable bonds is 6. The number of piperidine rings is 1. The maximum absolute atomic E-state index is 12.5. The number of nitrogens with zero attached hydrogens (tertiary/aromatic N) is 2. The van der Waals surface area contributed by atoms with Gasteiger partial charge in [-0.15, -0.1) is 0 Å². The predicted octanol–water partition coefficient (Wildman–Crippen LogP) is 3.20. The molecule has 3 nitrogen and oxygen atoms in total. The lowest BCUT2D eigenvalue weighted by Gasteiger charge is -2.34. The molecule has 126 valence electrons. The summed E-state index contributed by atoms with van der Waals surface area (Å²) in [6.45, 7) is 4.71. The van der Waals surface area contributed by atoms with Crippen molar-refractivity contribution in [1.29, 1.82) is 0 Å². The van der Waals surface area contributed by atoms with Gasteiger partial charge >= 0.3 is 0 Å². The molecule has 1 atom stereocenters. The van der Waals surface area contributed by atoms with Crippen LogP contribution in [-0.2, 0) is 11.2 Å². The second-order valence-corrected chi connectivity index (χ2v) is 7.51. The Morgan fingerprint density at radius 3 is 2.43 bits per heavy atom. The molecule has 1 amide bonds. The molecule has 1 aliphatic carbocycles. The van der Waals surface area contributed by atoms with Gasteiger partial charge in [-0.3, -0.25) is 9.69 Å². The average Bonchev–Trinajstić information content (AvgIpc) is 3.40. The molecule has 1 unspecified atom stereocenters. The molecule has 23 heavy (non-hydrogen) atoms. The molecule has 1 saturated heterocycles. The van der Waals surface area contributed by atoms with Crippen molar-refractivity contribution in [3.8, 4) is 0 Å². The van der Waals surface area contributed by atoms with E-state index >= 15 is 0 Å². The normalized spacial score (nSPS) is 20.7. The number of carbonyl (C=O) groups excluding carboxylic acids is 1. The van der Waals surface area contributed by atoms with Crippen LogP contribution in [0.2, 0.25) is 0 Å². The zero-order chi connectivity index (χ0) is 16.2. The fourth-order valence-electron chi connectivity index (χ4n) is 3.73. The monoisotopic (exact) mass is 314 g/mol. The van der Waals surface area contributed by atoms with Crippen LogP contribution in [0.4, 0.5) is 0 Å². The third kappa shape index (κ3) is 4.57. The average molecular weight is 314 g/mol. The van der Waals surface area contributed by atoms with Crippen LogP contribution in [0, 0.1) is 11.8 Å². The predicted molar refractivity (Wildman–Crippen MR) is 94.3 cm³/mol. The van der Waals surface area contributed by atoms with Crippen molar-refractivity contribution in [1.82, 2.24) is 9.80 Å². The van der Waals surface area contributed by atoms with Crippen LogP contribution in [0.15, 0.2) is 30.3 Å². The van der Waals surface area contributed by atoms with Gasteiger partial charge in [0.1, 0.15) is 0 Å². The third-order valence-electron chi connectivity index (χ3n) is 5.72. The minimum absolute atomic E-state index is 0.318. The van der Waals surface area contributed by atoms with Gasteiger partial charge in [0.15, 0.2) is 0 Å². The van der Waals surface area contributed by atoms with Gasteiger partial charge in [0, 0.05) is 19.1 Å². The number of likely N-dealkylation sites (tertiary alicyclic amines) is 1. The highest BCUT2D eigenvalue weighted by Gasteiger charge is 2.32. The summed E-state index contributed by atoms with van der Waals surface area (Å²) in [5.74, 6) is 1.87. The van der Waals surface area contributed by atoms with Crippen molar-refractivity contribution >= 4 is 5.91 Å². The first-order valence-corrected chi connectivity index (χ1v) is 9.15. The molecular formula is C20H30N2O. The summed E-state index contributed by atoms with van der Waals surface area (Å²) in [5.41, 5.74) is 1.43. The Balaban J connectivity index is 1.42. The van der Waals surface area contributed by atoms with Crippen LogP contribution in [-0.4, -0.2) is 48.4 Å². The van der Waals surface area contributed by atoms with Crippen molar-refractivity contribution < 1.29 is 4.79 Å². The highest BCUT2D eigenvalue weighted by Crippen LogP contribution is 2.34. The van der Waals surface area contributed by atoms with Gasteiger partial charge in [0.2, 0.25) is 5.91 Å². The summed E-state index contributed by atoms with van der Waals surface area (Å²) < 4.78 is 0. The van der Waals surface area contributed by atoms with Crippen LogP contribution >= 0.6 is 0 Å². The Morgan fingerprint density at radius 1 is 1.17 bits per heavy atom. The molecule has 0 bridgehead atoms. The summed E-state index contributed by atoms with van der Waals surface area (Å²) in [5, 5.41) is 0. The molecule has 2 fully saturated rings. The number of hydrogen-bond acceptors (Lipinski definition) is 2. The molecule has 1 aliphatic heterocycles. The molecule has 2 aliphatic rings. The zero-order valence-electron chi connectivity index (χ0n) is 14.6. The van der Waals surface area contributed by atoms with Gasteiger partial charge in [-0.1, -0.05) is 30.3 Å². The van der Waals surface area contributed by atoms with Crippen LogP contribution in [0.1, 0.15) is 38.2 Å². The van der Waals surface area contributed by atoms with E-state index in [0.717, 1.165) is 44.2 Å². The van der Waals surface area contributed by atoms with Gasteiger partial charge in [-0.05, 0) is 63.5 Å². The zero-order valence-corrected chi connectivity index (χ0v) is 14.6. The molecule has 1 saturated carbocycles. The highest BCUT2D eigenvalue weighted by molar-refractivity contribution is 5.78. The lowest BCUT2D eigenvalue weighted by molar-refractivity contribution is -0.134. The first-order chi connectivity index (χ1) is 11.1. The summed E-state index contributed by atoms with van der Waals surface area (Å²) in [6, 6.07) is 11.3. The number of amides is 1. The van der Waals surface area contributed by atoms with E-state index in [9.17, 15) is 4.79 Å². The highest BCUT2D eigenvalue weighted by atomic mass is 16.2. The topological polar surface area (TPSA) is 23.6 Å². The number of carbonyl (C=O) groups is 1. The summed E-state index contributed by atoms with van der Waals surface area (Å²) in [6.07, 6.45) is 6.11. The molecular weight excluding hydrogens is 284 g/mol. The van der Waals surface area contributed by atoms with E-state index in [1.165, 1.54) is 18.4 Å². The molecule has 1 aromatic carbocycles. The third-order valence-corrected chi connectivity index (χ3v) is 5.72. The van der Waals surface area contributed by atoms with Crippen LogP contribution < -0.4 is 0 Å². The maximum atomic E-state index is 12.5. The Hall–Kier alpha value is -1.35. The molecule has 3 heteroatoms. The Bertz CT molecular complexity index is 504. The van der Waals surface area contributed by atoms with Crippen LogP contribution in [0.5, 0.6) is 0 Å². The van der Waals surface area contributed by atoms with E-state index in [0.29, 0.717) is 18.5 Å². The standard InChI is InChI=1S/C20H30N2O/c1-16(19-8-9-19)21(2)15-20(23)22-12-10-18(11-13-22)14-17-6-4-3-5-7-17/h3-7,16,18-19H,8-15H2,1-2H3. The number of hydrogen-bond donors (Lipinski definition) is 0. The van der Waals surface area contributed by atoms with Gasteiger partial charge in [-0.25, -0.2) is 0 Å². The molecule has 1 aromatic rings. The summed E-state index contributed by atoms with van der Waals surface area (Å²) >= 11 is 0. The van der Waals surface area contributed by atoms with Crippen LogP contribution in [0.3, 0.4) is 0 Å². The molecule has 0 radical (unpaired) electrons. The fourth-order valence-corrected chi connectivity index (χ4v) is 3.73. The smallest absolute Gasteiger partial charge is 0.236 e. The number of likely N-dealkylation sites (N-methyl/N-ethyl adjacent to an activating group) is 1.